The average Bonchev–Trinajstić information content (AvgIpc) is 2.85. The van der Waals surface area contributed by atoms with Crippen LogP contribution in [0.4, 0.5) is 23.1 Å². The van der Waals surface area contributed by atoms with E-state index in [2.05, 4.69) is 20.3 Å². The van der Waals surface area contributed by atoms with Crippen molar-refractivity contribution in [2.45, 2.75) is 0 Å². The summed E-state index contributed by atoms with van der Waals surface area (Å²) in [7, 11) is 0. The molecule has 0 aliphatic rings. The van der Waals surface area contributed by atoms with Gasteiger partial charge in [-0.05, 0) is 30.3 Å². The summed E-state index contributed by atoms with van der Waals surface area (Å²) in [6, 6.07) is 22.6. The van der Waals surface area contributed by atoms with Gasteiger partial charge < -0.3 is 30.9 Å². The van der Waals surface area contributed by atoms with Crippen molar-refractivity contribution < 1.29 is 14.9 Å². The van der Waals surface area contributed by atoms with Crippen molar-refractivity contribution >= 4 is 23.1 Å². The molecular formula is C25H26N6O3. The van der Waals surface area contributed by atoms with Crippen LogP contribution in [-0.4, -0.2) is 51.5 Å². The lowest BCUT2D eigenvalue weighted by Gasteiger charge is -2.23. The zero-order chi connectivity index (χ0) is 23.8. The number of anilines is 4. The van der Waals surface area contributed by atoms with E-state index in [9.17, 15) is 10.2 Å². The van der Waals surface area contributed by atoms with Crippen LogP contribution in [0.3, 0.4) is 0 Å². The third-order valence-corrected chi connectivity index (χ3v) is 4.99. The third-order valence-electron chi connectivity index (χ3n) is 4.99. The van der Waals surface area contributed by atoms with Gasteiger partial charge in [0.25, 0.3) is 0 Å². The van der Waals surface area contributed by atoms with Crippen molar-refractivity contribution in [3.05, 3.63) is 79.0 Å². The van der Waals surface area contributed by atoms with Crippen molar-refractivity contribution in [1.82, 2.24) is 15.0 Å². The fraction of sp³-hybridized carbons (Fsp3) is 0.160. The summed E-state index contributed by atoms with van der Waals surface area (Å²) in [5.41, 5.74) is 9.21. The van der Waals surface area contributed by atoms with Gasteiger partial charge in [0, 0.05) is 48.4 Å². The zero-order valence-electron chi connectivity index (χ0n) is 18.5. The Hall–Kier alpha value is -4.21. The number of nitrogen functional groups attached to an aromatic ring is 1. The first-order valence-electron chi connectivity index (χ1n) is 10.8. The molecule has 4 rings (SSSR count). The molecule has 9 nitrogen and oxygen atoms in total. The summed E-state index contributed by atoms with van der Waals surface area (Å²) >= 11 is 0. The van der Waals surface area contributed by atoms with Crippen molar-refractivity contribution in [2.75, 3.05) is 42.3 Å². The molecule has 0 radical (unpaired) electrons. The van der Waals surface area contributed by atoms with Crippen LogP contribution in [0.15, 0.2) is 79.0 Å². The first-order valence-corrected chi connectivity index (χ1v) is 10.8. The number of hydrogen-bond acceptors (Lipinski definition) is 9. The smallest absolute Gasteiger partial charge is 0.222 e. The van der Waals surface area contributed by atoms with E-state index in [1.54, 1.807) is 12.3 Å². The van der Waals surface area contributed by atoms with Gasteiger partial charge in [0.1, 0.15) is 11.6 Å². The summed E-state index contributed by atoms with van der Waals surface area (Å²) in [5, 5.41) is 21.8. The standard InChI is InChI=1S/C25H26N6O3/c26-25-29-22(18-4-2-1-3-5-18)17-23(30-25)28-19-6-8-21(9-7-19)34-24-16-20(10-11-27-24)31(12-14-32)13-15-33/h1-11,16-17,32-33H,12-15H2,(H3,26,28,29,30). The van der Waals surface area contributed by atoms with E-state index >= 15 is 0 Å². The van der Waals surface area contributed by atoms with Crippen LogP contribution in [0, 0.1) is 0 Å². The highest BCUT2D eigenvalue weighted by atomic mass is 16.5. The topological polar surface area (TPSA) is 130 Å². The van der Waals surface area contributed by atoms with Crippen LogP contribution in [0.1, 0.15) is 0 Å². The first-order chi connectivity index (χ1) is 16.6. The maximum Gasteiger partial charge on any atom is 0.222 e. The molecule has 0 aliphatic heterocycles. The molecule has 0 fully saturated rings. The van der Waals surface area contributed by atoms with Crippen LogP contribution in [0.25, 0.3) is 11.3 Å². The highest BCUT2D eigenvalue weighted by molar-refractivity contribution is 5.67. The average molecular weight is 459 g/mol. The highest BCUT2D eigenvalue weighted by Crippen LogP contribution is 2.27. The summed E-state index contributed by atoms with van der Waals surface area (Å²) in [6.07, 6.45) is 1.63. The summed E-state index contributed by atoms with van der Waals surface area (Å²) in [6.45, 7) is 0.781. The second kappa shape index (κ2) is 11.1. The predicted octanol–water partition coefficient (Wildman–Crippen LogP) is 3.45. The lowest BCUT2D eigenvalue weighted by Crippen LogP contribution is -2.29. The molecule has 5 N–H and O–H groups in total. The number of benzene rings is 2. The molecule has 0 aliphatic carbocycles. The largest absolute Gasteiger partial charge is 0.439 e. The first kappa shape index (κ1) is 23.0. The fourth-order valence-corrected chi connectivity index (χ4v) is 3.42. The van der Waals surface area contributed by atoms with Gasteiger partial charge in [0.05, 0.1) is 18.9 Å². The highest BCUT2D eigenvalue weighted by Gasteiger charge is 2.09. The summed E-state index contributed by atoms with van der Waals surface area (Å²) < 4.78 is 5.89. The van der Waals surface area contributed by atoms with Crippen LogP contribution >= 0.6 is 0 Å². The zero-order valence-corrected chi connectivity index (χ0v) is 18.5. The normalized spacial score (nSPS) is 10.6. The number of aromatic nitrogens is 3. The lowest BCUT2D eigenvalue weighted by molar-refractivity contribution is 0.281. The number of hydrogen-bond donors (Lipinski definition) is 4. The maximum absolute atomic E-state index is 9.26. The maximum atomic E-state index is 9.26. The quantitative estimate of drug-likeness (QED) is 0.282. The van der Waals surface area contributed by atoms with Gasteiger partial charge in [-0.2, -0.15) is 4.98 Å². The SMILES string of the molecule is Nc1nc(Nc2ccc(Oc3cc(N(CCO)CCO)ccn3)cc2)cc(-c2ccccc2)n1. The van der Waals surface area contributed by atoms with E-state index in [4.69, 9.17) is 10.5 Å². The van der Waals surface area contributed by atoms with E-state index in [-0.39, 0.29) is 19.2 Å². The van der Waals surface area contributed by atoms with E-state index in [1.807, 2.05) is 71.6 Å². The Balaban J connectivity index is 1.45. The Morgan fingerprint density at radius 2 is 1.62 bits per heavy atom. The molecule has 0 atom stereocenters. The molecule has 174 valence electrons. The molecule has 9 heteroatoms. The number of aliphatic hydroxyl groups is 2. The Bertz CT molecular complexity index is 1200. The molecule has 0 bridgehead atoms. The number of nitrogens with one attached hydrogen (secondary N) is 1. The minimum atomic E-state index is -0.0161. The third kappa shape index (κ3) is 5.97. The molecule has 2 aromatic heterocycles. The second-order valence-electron chi connectivity index (χ2n) is 7.40. The Labute approximate surface area is 197 Å². The minimum Gasteiger partial charge on any atom is -0.439 e. The van der Waals surface area contributed by atoms with E-state index < -0.39 is 0 Å². The van der Waals surface area contributed by atoms with Crippen molar-refractivity contribution in [3.63, 3.8) is 0 Å². The molecular weight excluding hydrogens is 432 g/mol. The number of aliphatic hydroxyl groups excluding tert-OH is 2. The molecule has 2 heterocycles. The Morgan fingerprint density at radius 1 is 0.882 bits per heavy atom. The molecule has 0 amide bonds. The van der Waals surface area contributed by atoms with Crippen LogP contribution in [0.2, 0.25) is 0 Å². The molecule has 4 aromatic rings. The Kier molecular flexibility index (Phi) is 7.49. The minimum absolute atomic E-state index is 0.0161. The van der Waals surface area contributed by atoms with Crippen LogP contribution in [-0.2, 0) is 0 Å². The van der Waals surface area contributed by atoms with Crippen LogP contribution in [0.5, 0.6) is 11.6 Å². The molecule has 0 unspecified atom stereocenters. The van der Waals surface area contributed by atoms with Gasteiger partial charge in [0.2, 0.25) is 11.8 Å². The van der Waals surface area contributed by atoms with Crippen LogP contribution < -0.4 is 20.7 Å². The van der Waals surface area contributed by atoms with E-state index in [0.29, 0.717) is 30.5 Å². The van der Waals surface area contributed by atoms with Gasteiger partial charge in [-0.25, -0.2) is 9.97 Å². The molecule has 0 saturated heterocycles. The van der Waals surface area contributed by atoms with Gasteiger partial charge in [0.15, 0.2) is 0 Å². The molecule has 0 saturated carbocycles. The van der Waals surface area contributed by atoms with Gasteiger partial charge in [-0.15, -0.1) is 0 Å². The van der Waals surface area contributed by atoms with Crippen molar-refractivity contribution in [2.24, 2.45) is 0 Å². The summed E-state index contributed by atoms with van der Waals surface area (Å²) in [4.78, 5) is 14.7. The van der Waals surface area contributed by atoms with Crippen molar-refractivity contribution in [1.29, 1.82) is 0 Å². The molecule has 2 aromatic carbocycles. The summed E-state index contributed by atoms with van der Waals surface area (Å²) in [5.74, 6) is 1.79. The van der Waals surface area contributed by atoms with Gasteiger partial charge >= 0.3 is 0 Å². The fourth-order valence-electron chi connectivity index (χ4n) is 3.42. The molecule has 0 spiro atoms. The number of nitrogens with two attached hydrogens (primary N) is 1. The number of pyridine rings is 1. The lowest BCUT2D eigenvalue weighted by atomic mass is 10.1. The van der Waals surface area contributed by atoms with Gasteiger partial charge in [-0.3, -0.25) is 0 Å². The van der Waals surface area contributed by atoms with E-state index in [0.717, 1.165) is 22.6 Å². The van der Waals surface area contributed by atoms with Gasteiger partial charge in [-0.1, -0.05) is 30.3 Å². The number of rotatable bonds is 10. The Morgan fingerprint density at radius 3 is 2.32 bits per heavy atom. The van der Waals surface area contributed by atoms with E-state index in [1.165, 1.54) is 0 Å². The predicted molar refractivity (Wildman–Crippen MR) is 132 cm³/mol. The molecule has 34 heavy (non-hydrogen) atoms. The number of ether oxygens (including phenoxy) is 1. The second-order valence-corrected chi connectivity index (χ2v) is 7.40. The number of nitrogens with zero attached hydrogens (tertiary/aromatic N) is 4. The van der Waals surface area contributed by atoms with Crippen molar-refractivity contribution in [3.8, 4) is 22.9 Å². The monoisotopic (exact) mass is 458 g/mol.